The molecule has 2 aliphatic heterocycles. The zero-order chi connectivity index (χ0) is 70.6. The molecule has 0 saturated carbocycles. The molecule has 3 nitrogen and oxygen atoms in total. The number of anilines is 3. The van der Waals surface area contributed by atoms with Gasteiger partial charge in [-0.1, -0.05) is 322 Å². The third kappa shape index (κ3) is 10.3. The molecule has 4 heterocycles. The van der Waals surface area contributed by atoms with Gasteiger partial charge in [-0.3, -0.25) is 0 Å². The molecule has 2 unspecified atom stereocenters. The maximum Gasteiger partial charge on any atom is 0.247 e. The number of hydrogen-bond acceptors (Lipinski definition) is 1. The molecule has 0 saturated heterocycles. The van der Waals surface area contributed by atoms with E-state index in [1.807, 2.05) is 0 Å². The van der Waals surface area contributed by atoms with Crippen molar-refractivity contribution in [2.45, 2.75) is 12.8 Å². The minimum atomic E-state index is -0.152. The van der Waals surface area contributed by atoms with Crippen LogP contribution in [0.15, 0.2) is 388 Å². The van der Waals surface area contributed by atoms with Crippen molar-refractivity contribution in [2.75, 3.05) is 4.90 Å². The minimum Gasteiger partial charge on any atom is -0.311 e. The molecule has 18 aromatic rings. The summed E-state index contributed by atoms with van der Waals surface area (Å²) in [5.74, 6) is 0.114. The molecule has 0 fully saturated rings. The lowest BCUT2D eigenvalue weighted by molar-refractivity contribution is 0.680. The summed E-state index contributed by atoms with van der Waals surface area (Å²) < 4.78 is 5.31. The molecule has 0 N–H and O–H groups in total. The third-order valence-corrected chi connectivity index (χ3v) is 23.1. The van der Waals surface area contributed by atoms with Gasteiger partial charge in [0.15, 0.2) is 0 Å². The Morgan fingerprint density at radius 3 is 1.20 bits per heavy atom. The van der Waals surface area contributed by atoms with E-state index in [0.29, 0.717) is 0 Å². The van der Waals surface area contributed by atoms with Crippen LogP contribution in [-0.4, -0.2) is 15.8 Å². The fourth-order valence-electron chi connectivity index (χ4n) is 18.2. The molecule has 500 valence electrons. The summed E-state index contributed by atoms with van der Waals surface area (Å²) in [5.41, 5.74) is 35.8. The molecule has 3 aliphatic rings. The molecule has 4 heteroatoms. The minimum absolute atomic E-state index is 0.0466. The Balaban J connectivity index is 0.875. The molecule has 0 spiro atoms. The van der Waals surface area contributed by atoms with Crippen LogP contribution in [0, 0.1) is 5.92 Å². The molecule has 21 rings (SSSR count). The first-order valence-corrected chi connectivity index (χ1v) is 37.4. The lowest BCUT2D eigenvalue weighted by Crippen LogP contribution is -2.60. The fourth-order valence-corrected chi connectivity index (χ4v) is 18.2. The summed E-state index contributed by atoms with van der Waals surface area (Å²) >= 11 is 0. The summed E-state index contributed by atoms with van der Waals surface area (Å²) in [4.78, 5) is 2.60. The van der Waals surface area contributed by atoms with Crippen LogP contribution in [0.3, 0.4) is 0 Å². The van der Waals surface area contributed by atoms with E-state index in [1.54, 1.807) is 0 Å². The summed E-state index contributed by atoms with van der Waals surface area (Å²) in [7, 11) is 0. The average Bonchev–Trinajstić information content (AvgIpc) is 1.13. The van der Waals surface area contributed by atoms with Gasteiger partial charge in [-0.15, -0.1) is 0 Å². The topological polar surface area (TPSA) is 13.1 Å². The standard InChI is InChI=1S/C103H70BN3/c1-67-92(88-46-26-25-44-86(88)73-39-19-7-20-40-73)66-93-89-47-27-28-48-95(89)107-100-65-84(64-99-102(100)104(101(67)103(93)107)94-61-76(51-54-96(94)105(99)83-41-21-8-22-42-83)87-45-24-23-43-85(87)72-37-17-6-18-38-72)106-97-62-74(81-57-77(68-29-9-2-10-30-68)55-78(58-81)69-31-11-3-12-32-69)49-52-90(97)91-53-50-75(63-98(91)106)82-59-79(70-33-13-4-14-34-70)56-80(60-82)71-35-15-5-16-36-71/h2-67,92H,1H3. The quantitative estimate of drug-likeness (QED) is 0.111. The smallest absolute Gasteiger partial charge is 0.247 e. The second-order valence-corrected chi connectivity index (χ2v) is 29.1. The first-order chi connectivity index (χ1) is 53.0. The normalized spacial score (nSPS) is 14.0. The lowest BCUT2D eigenvalue weighted by atomic mass is 9.31. The number of rotatable bonds is 12. The maximum absolute atomic E-state index is 2.69. The summed E-state index contributed by atoms with van der Waals surface area (Å²) in [6, 6.07) is 145. The van der Waals surface area contributed by atoms with Gasteiger partial charge in [0, 0.05) is 55.4 Å². The van der Waals surface area contributed by atoms with Gasteiger partial charge in [0.1, 0.15) is 0 Å². The number of fused-ring (bicyclic) bond motifs is 10. The van der Waals surface area contributed by atoms with E-state index >= 15 is 0 Å². The Bertz CT molecular complexity index is 6380. The highest BCUT2D eigenvalue weighted by Crippen LogP contribution is 2.49. The Morgan fingerprint density at radius 1 is 0.262 bits per heavy atom. The Hall–Kier alpha value is -13.5. The van der Waals surface area contributed by atoms with Crippen LogP contribution in [0.1, 0.15) is 18.4 Å². The summed E-state index contributed by atoms with van der Waals surface area (Å²) in [6.07, 6.45) is 2.65. The molecule has 0 amide bonds. The Morgan fingerprint density at radius 2 is 0.673 bits per heavy atom. The number of hydrogen-bond donors (Lipinski definition) is 0. The van der Waals surface area contributed by atoms with Gasteiger partial charge in [-0.25, -0.2) is 0 Å². The fraction of sp³-hybridized carbons (Fsp3) is 0.0291. The van der Waals surface area contributed by atoms with Gasteiger partial charge >= 0.3 is 0 Å². The second-order valence-electron chi connectivity index (χ2n) is 29.1. The molecule has 2 atom stereocenters. The van der Waals surface area contributed by atoms with Gasteiger partial charge < -0.3 is 14.0 Å². The van der Waals surface area contributed by atoms with Crippen LogP contribution in [0.4, 0.5) is 17.1 Å². The largest absolute Gasteiger partial charge is 0.311 e. The number of nitrogens with zero attached hydrogens (tertiary/aromatic N) is 3. The van der Waals surface area contributed by atoms with Crippen molar-refractivity contribution in [1.82, 2.24) is 9.13 Å². The zero-order valence-electron chi connectivity index (χ0n) is 59.1. The van der Waals surface area contributed by atoms with Crippen molar-refractivity contribution in [3.63, 3.8) is 0 Å². The second kappa shape index (κ2) is 25.4. The van der Waals surface area contributed by atoms with Gasteiger partial charge in [0.05, 0.1) is 22.2 Å². The molecule has 107 heavy (non-hydrogen) atoms. The molecular formula is C103H70BN3. The molecule has 0 bridgehead atoms. The third-order valence-electron chi connectivity index (χ3n) is 23.1. The number of para-hydroxylation sites is 2. The SMILES string of the molecule is CC1C2=c3c(c4ccccc4n3-c3cc(-n4c5cc(-c6cc(-c7ccccc7)cc(-c7ccccc7)c6)ccc5c5ccc(-c6cc(-c7ccccc7)cc(-c7ccccc7)c6)cc54)cc4c3B2c2cc(-c3ccccc3-c3ccccc3)ccc2N4c2ccccc2)=CC1c1ccccc1-c1ccccc1. The van der Waals surface area contributed by atoms with Crippen molar-refractivity contribution in [2.24, 2.45) is 5.92 Å². The number of benzene rings is 16. The van der Waals surface area contributed by atoms with Crippen LogP contribution < -0.4 is 26.4 Å². The van der Waals surface area contributed by atoms with Gasteiger partial charge in [0.25, 0.3) is 0 Å². The highest BCUT2D eigenvalue weighted by molar-refractivity contribution is 7.01. The van der Waals surface area contributed by atoms with E-state index < -0.39 is 0 Å². The highest BCUT2D eigenvalue weighted by Gasteiger charge is 2.47. The predicted octanol–water partition coefficient (Wildman–Crippen LogP) is 24.0. The van der Waals surface area contributed by atoms with E-state index in [1.165, 1.54) is 143 Å². The number of aromatic nitrogens is 2. The predicted molar refractivity (Wildman–Crippen MR) is 452 cm³/mol. The van der Waals surface area contributed by atoms with Crippen LogP contribution in [0.25, 0.3) is 156 Å². The molecule has 0 radical (unpaired) electrons. The molecular weight excluding hydrogens is 1290 g/mol. The van der Waals surface area contributed by atoms with Crippen LogP contribution in [-0.2, 0) is 0 Å². The zero-order valence-corrected chi connectivity index (χ0v) is 59.1. The van der Waals surface area contributed by atoms with E-state index in [0.717, 1.165) is 50.3 Å². The molecule has 1 aliphatic carbocycles. The van der Waals surface area contributed by atoms with Crippen molar-refractivity contribution < 1.29 is 0 Å². The molecule has 2 aromatic heterocycles. The summed E-state index contributed by atoms with van der Waals surface area (Å²) in [6.45, 7) is 2.38. The lowest BCUT2D eigenvalue weighted by Gasteiger charge is -2.43. The van der Waals surface area contributed by atoms with Crippen LogP contribution in [0.5, 0.6) is 0 Å². The van der Waals surface area contributed by atoms with Crippen LogP contribution >= 0.6 is 0 Å². The van der Waals surface area contributed by atoms with E-state index in [2.05, 4.69) is 415 Å². The van der Waals surface area contributed by atoms with Crippen LogP contribution in [0.2, 0.25) is 0 Å². The molecule has 16 aromatic carbocycles. The van der Waals surface area contributed by atoms with Crippen molar-refractivity contribution >= 4 is 79.0 Å². The van der Waals surface area contributed by atoms with Gasteiger partial charge in [-0.2, -0.15) is 0 Å². The Kier molecular flexibility index (Phi) is 14.7. The van der Waals surface area contributed by atoms with Crippen molar-refractivity contribution in [3.8, 4) is 112 Å². The monoisotopic (exact) mass is 1360 g/mol. The first kappa shape index (κ1) is 62.1. The maximum atomic E-state index is 2.69. The van der Waals surface area contributed by atoms with E-state index in [-0.39, 0.29) is 18.5 Å². The van der Waals surface area contributed by atoms with Gasteiger partial charge in [0.2, 0.25) is 6.71 Å². The highest BCUT2D eigenvalue weighted by atomic mass is 15.2. The van der Waals surface area contributed by atoms with Crippen molar-refractivity contribution in [1.29, 1.82) is 0 Å². The van der Waals surface area contributed by atoms with E-state index in [9.17, 15) is 0 Å². The average molecular weight is 1360 g/mol. The first-order valence-electron chi connectivity index (χ1n) is 37.4. The summed E-state index contributed by atoms with van der Waals surface area (Å²) in [5, 5.41) is 6.22. The Labute approximate surface area is 623 Å². The van der Waals surface area contributed by atoms with Gasteiger partial charge in [-0.05, 0) is 207 Å². The van der Waals surface area contributed by atoms with E-state index in [4.69, 9.17) is 0 Å². The van der Waals surface area contributed by atoms with Crippen molar-refractivity contribution in [3.05, 3.63) is 404 Å².